The summed E-state index contributed by atoms with van der Waals surface area (Å²) in [5.41, 5.74) is 0.544. The molecule has 3 aromatic rings. The second-order valence-electron chi connectivity index (χ2n) is 11.4. The van der Waals surface area contributed by atoms with Crippen LogP contribution in [0, 0.1) is 5.82 Å². The number of alkyl carbamates (subject to hydrolysis) is 1. The number of fused-ring (bicyclic) bond motifs is 1. The lowest BCUT2D eigenvalue weighted by atomic mass is 10.1. The van der Waals surface area contributed by atoms with Crippen LogP contribution in [0.1, 0.15) is 39.2 Å². The summed E-state index contributed by atoms with van der Waals surface area (Å²) in [5, 5.41) is 9.14. The van der Waals surface area contributed by atoms with Crippen molar-refractivity contribution in [1.82, 2.24) is 20.4 Å². The van der Waals surface area contributed by atoms with Crippen molar-refractivity contribution in [3.63, 3.8) is 0 Å². The monoisotopic (exact) mass is 633 g/mol. The first-order valence-electron chi connectivity index (χ1n) is 13.8. The molecule has 11 nitrogen and oxygen atoms in total. The molecule has 2 aliphatic heterocycles. The van der Waals surface area contributed by atoms with Crippen LogP contribution in [-0.4, -0.2) is 69.5 Å². The Balaban J connectivity index is 1.26. The Labute approximate surface area is 254 Å². The highest BCUT2D eigenvalue weighted by Gasteiger charge is 2.37. The number of likely N-dealkylation sites (tertiary alicyclic amines) is 1. The molecule has 1 atom stereocenters. The molecule has 3 amide bonds. The van der Waals surface area contributed by atoms with Gasteiger partial charge in [-0.1, -0.05) is 17.3 Å². The number of hydrogen-bond acceptors (Lipinski definition) is 9. The van der Waals surface area contributed by atoms with Gasteiger partial charge in [-0.3, -0.25) is 4.79 Å². The van der Waals surface area contributed by atoms with Crippen molar-refractivity contribution in [2.45, 2.75) is 62.7 Å². The number of nitrogens with zero attached hydrogens (tertiary/aromatic N) is 3. The summed E-state index contributed by atoms with van der Waals surface area (Å²) in [4.78, 5) is 43.1. The molecule has 1 fully saturated rings. The number of aromatic nitrogens is 2. The van der Waals surface area contributed by atoms with Crippen LogP contribution in [0.5, 0.6) is 0 Å². The third-order valence-electron chi connectivity index (χ3n) is 6.59. The zero-order valence-corrected chi connectivity index (χ0v) is 24.9. The highest BCUT2D eigenvalue weighted by Crippen LogP contribution is 2.36. The van der Waals surface area contributed by atoms with Gasteiger partial charge in [0, 0.05) is 29.2 Å². The molecular formula is C29H30F3N5O6S. The number of hydrogen-bond donors (Lipinski definition) is 2. The third-order valence-corrected chi connectivity index (χ3v) is 7.74. The van der Waals surface area contributed by atoms with Gasteiger partial charge < -0.3 is 29.5 Å². The lowest BCUT2D eigenvalue weighted by Crippen LogP contribution is -2.46. The van der Waals surface area contributed by atoms with Crippen LogP contribution in [-0.2, 0) is 20.9 Å². The summed E-state index contributed by atoms with van der Waals surface area (Å²) in [6.45, 7) is 4.46. The van der Waals surface area contributed by atoms with Crippen molar-refractivity contribution >= 4 is 35.5 Å². The predicted molar refractivity (Wildman–Crippen MR) is 154 cm³/mol. The van der Waals surface area contributed by atoms with E-state index in [0.29, 0.717) is 21.7 Å². The molecule has 0 radical (unpaired) electrons. The van der Waals surface area contributed by atoms with E-state index in [1.807, 2.05) is 0 Å². The molecule has 15 heteroatoms. The maximum atomic E-state index is 15.2. The molecule has 1 aromatic heterocycles. The van der Waals surface area contributed by atoms with Gasteiger partial charge in [0.25, 0.3) is 11.8 Å². The first-order valence-corrected chi connectivity index (χ1v) is 14.7. The average molecular weight is 634 g/mol. The van der Waals surface area contributed by atoms with Crippen molar-refractivity contribution in [2.75, 3.05) is 24.2 Å². The molecule has 0 bridgehead atoms. The van der Waals surface area contributed by atoms with Crippen LogP contribution in [0.25, 0.3) is 22.8 Å². The molecule has 3 heterocycles. The number of nitrogens with one attached hydrogen (secondary N) is 2. The first kappa shape index (κ1) is 31.2. The number of alkyl halides is 2. The van der Waals surface area contributed by atoms with E-state index in [1.165, 1.54) is 23.9 Å². The van der Waals surface area contributed by atoms with Gasteiger partial charge in [-0.25, -0.2) is 22.8 Å². The Hall–Kier alpha value is -4.27. The Morgan fingerprint density at radius 2 is 2.05 bits per heavy atom. The van der Waals surface area contributed by atoms with E-state index in [1.54, 1.807) is 45.0 Å². The number of thioether (sulfide) groups is 1. The second-order valence-corrected chi connectivity index (χ2v) is 12.4. The zero-order chi connectivity index (χ0) is 31.6. The molecule has 2 aromatic carbocycles. The SMILES string of the molecule is CC(C)(C)OC(=O)N[C@H]1CSc2cc(F)c(-c3noc(-c4cccc(COC(=O)N5CCCC(F)(F)C5)c4)n3)cc2NC1=O. The molecular weight excluding hydrogens is 603 g/mol. The Morgan fingerprint density at radius 1 is 1.25 bits per heavy atom. The smallest absolute Gasteiger partial charge is 0.410 e. The van der Waals surface area contributed by atoms with Crippen LogP contribution < -0.4 is 10.6 Å². The standard InChI is InChI=1S/C29H30F3N5O6S/c1-28(2,3)42-26(39)34-21-14-44-22-12-19(30)18(11-20(22)33-24(21)38)23-35-25(43-36-23)17-7-4-6-16(10-17)13-41-27(40)37-9-5-8-29(31,32)15-37/h4,6-7,10-12,21H,5,8-9,13-15H2,1-3H3,(H,33,38)(H,34,39)/t21-/m0/s1. The number of carbonyl (C=O) groups excluding carboxylic acids is 3. The van der Waals surface area contributed by atoms with Gasteiger partial charge in [0.1, 0.15) is 24.1 Å². The van der Waals surface area contributed by atoms with Crippen LogP contribution in [0.4, 0.5) is 28.4 Å². The molecule has 1 saturated heterocycles. The summed E-state index contributed by atoms with van der Waals surface area (Å²) < 4.78 is 58.3. The average Bonchev–Trinajstić information content (AvgIpc) is 3.38. The third kappa shape index (κ3) is 7.62. The highest BCUT2D eigenvalue weighted by molar-refractivity contribution is 7.99. The van der Waals surface area contributed by atoms with E-state index in [-0.39, 0.29) is 49.0 Å². The second kappa shape index (κ2) is 12.4. The van der Waals surface area contributed by atoms with E-state index < -0.39 is 48.0 Å². The van der Waals surface area contributed by atoms with Crippen LogP contribution in [0.3, 0.4) is 0 Å². The molecule has 0 aliphatic carbocycles. The van der Waals surface area contributed by atoms with E-state index in [9.17, 15) is 23.2 Å². The fourth-order valence-corrected chi connectivity index (χ4v) is 5.60. The van der Waals surface area contributed by atoms with Gasteiger partial charge in [0.05, 0.1) is 17.8 Å². The van der Waals surface area contributed by atoms with Gasteiger partial charge in [-0.05, 0) is 57.0 Å². The summed E-state index contributed by atoms with van der Waals surface area (Å²) >= 11 is 1.18. The zero-order valence-electron chi connectivity index (χ0n) is 24.1. The number of rotatable bonds is 5. The van der Waals surface area contributed by atoms with Gasteiger partial charge in [0.2, 0.25) is 11.7 Å². The molecule has 0 spiro atoms. The summed E-state index contributed by atoms with van der Waals surface area (Å²) in [6.07, 6.45) is -1.64. The Morgan fingerprint density at radius 3 is 2.80 bits per heavy atom. The fourth-order valence-electron chi connectivity index (χ4n) is 4.57. The lowest BCUT2D eigenvalue weighted by molar-refractivity contribution is -0.117. The number of ether oxygens (including phenoxy) is 2. The summed E-state index contributed by atoms with van der Waals surface area (Å²) in [5.74, 6) is -3.96. The van der Waals surface area contributed by atoms with Gasteiger partial charge in [-0.2, -0.15) is 4.98 Å². The molecule has 2 N–H and O–H groups in total. The van der Waals surface area contributed by atoms with E-state index in [4.69, 9.17) is 14.0 Å². The van der Waals surface area contributed by atoms with Gasteiger partial charge in [-0.15, -0.1) is 11.8 Å². The van der Waals surface area contributed by atoms with Crippen LogP contribution in [0.15, 0.2) is 45.8 Å². The Kier molecular flexibility index (Phi) is 8.77. The minimum Gasteiger partial charge on any atom is -0.445 e. The van der Waals surface area contributed by atoms with Crippen LogP contribution in [0.2, 0.25) is 0 Å². The Bertz CT molecular complexity index is 1580. The van der Waals surface area contributed by atoms with Gasteiger partial charge in [0.15, 0.2) is 0 Å². The largest absolute Gasteiger partial charge is 0.445 e. The number of halogens is 3. The predicted octanol–water partition coefficient (Wildman–Crippen LogP) is 5.85. The molecule has 44 heavy (non-hydrogen) atoms. The van der Waals surface area contributed by atoms with E-state index in [0.717, 1.165) is 4.90 Å². The van der Waals surface area contributed by atoms with Crippen molar-refractivity contribution < 1.29 is 41.6 Å². The topological polar surface area (TPSA) is 136 Å². The number of piperidine rings is 1. The normalized spacial score (nSPS) is 18.1. The van der Waals surface area contributed by atoms with Gasteiger partial charge >= 0.3 is 12.2 Å². The quantitative estimate of drug-likeness (QED) is 0.355. The highest BCUT2D eigenvalue weighted by atomic mass is 32.2. The molecule has 234 valence electrons. The van der Waals surface area contributed by atoms with Crippen molar-refractivity contribution in [1.29, 1.82) is 0 Å². The lowest BCUT2D eigenvalue weighted by Gasteiger charge is -2.31. The number of carbonyl (C=O) groups is 3. The number of amides is 3. The summed E-state index contributed by atoms with van der Waals surface area (Å²) in [7, 11) is 0. The maximum Gasteiger partial charge on any atom is 0.410 e. The van der Waals surface area contributed by atoms with Crippen molar-refractivity contribution in [2.24, 2.45) is 0 Å². The minimum absolute atomic E-state index is 0.0263. The van der Waals surface area contributed by atoms with Crippen molar-refractivity contribution in [3.8, 4) is 22.8 Å². The fraction of sp³-hybridized carbons (Fsp3) is 0.414. The summed E-state index contributed by atoms with van der Waals surface area (Å²) in [6, 6.07) is 8.34. The van der Waals surface area contributed by atoms with E-state index in [2.05, 4.69) is 20.8 Å². The molecule has 2 aliphatic rings. The first-order chi connectivity index (χ1) is 20.8. The van der Waals surface area contributed by atoms with Crippen molar-refractivity contribution in [3.05, 3.63) is 47.8 Å². The minimum atomic E-state index is -2.94. The van der Waals surface area contributed by atoms with E-state index >= 15 is 4.39 Å². The maximum absolute atomic E-state index is 15.2. The number of benzene rings is 2. The molecule has 0 saturated carbocycles. The van der Waals surface area contributed by atoms with Crippen LogP contribution >= 0.6 is 11.8 Å². The number of anilines is 1. The molecule has 0 unspecified atom stereocenters. The molecule has 5 rings (SSSR count).